The fourth-order valence-electron chi connectivity index (χ4n) is 1.89. The van der Waals surface area contributed by atoms with Crippen LogP contribution in [0.1, 0.15) is 10.4 Å². The first-order chi connectivity index (χ1) is 8.99. The van der Waals surface area contributed by atoms with Crippen molar-refractivity contribution in [2.45, 2.75) is 0 Å². The van der Waals surface area contributed by atoms with Crippen LogP contribution in [0.25, 0.3) is 0 Å². The first kappa shape index (κ1) is 13.7. The molecule has 19 heavy (non-hydrogen) atoms. The summed E-state index contributed by atoms with van der Waals surface area (Å²) in [5.41, 5.74) is 6.95. The zero-order valence-electron chi connectivity index (χ0n) is 10.6. The summed E-state index contributed by atoms with van der Waals surface area (Å²) in [5, 5.41) is 1.64. The number of anilines is 1. The third kappa shape index (κ3) is 2.99. The first-order valence-corrected chi connectivity index (χ1v) is 5.97. The SMILES string of the molecule is CN1CCN(NC(=O)c2c(F)ccc(N)c2F)CC1. The molecule has 1 heterocycles. The van der Waals surface area contributed by atoms with Gasteiger partial charge >= 0.3 is 0 Å². The summed E-state index contributed by atoms with van der Waals surface area (Å²) in [5.74, 6) is -2.75. The molecule has 1 aliphatic heterocycles. The second-order valence-corrected chi connectivity index (χ2v) is 4.56. The van der Waals surface area contributed by atoms with E-state index in [9.17, 15) is 13.6 Å². The van der Waals surface area contributed by atoms with E-state index < -0.39 is 23.1 Å². The number of nitrogen functional groups attached to an aromatic ring is 1. The molecule has 1 aromatic carbocycles. The van der Waals surface area contributed by atoms with Crippen molar-refractivity contribution in [1.82, 2.24) is 15.3 Å². The van der Waals surface area contributed by atoms with Gasteiger partial charge in [-0.1, -0.05) is 0 Å². The number of hydrazine groups is 1. The van der Waals surface area contributed by atoms with Gasteiger partial charge in [0, 0.05) is 26.2 Å². The minimum absolute atomic E-state index is 0.245. The van der Waals surface area contributed by atoms with Gasteiger partial charge in [0.05, 0.1) is 5.69 Å². The van der Waals surface area contributed by atoms with E-state index in [2.05, 4.69) is 10.3 Å². The Morgan fingerprint density at radius 2 is 1.89 bits per heavy atom. The lowest BCUT2D eigenvalue weighted by Gasteiger charge is -2.32. The Labute approximate surface area is 109 Å². The number of carbonyl (C=O) groups is 1. The zero-order chi connectivity index (χ0) is 14.0. The van der Waals surface area contributed by atoms with Crippen molar-refractivity contribution in [2.24, 2.45) is 0 Å². The van der Waals surface area contributed by atoms with Crippen LogP contribution < -0.4 is 11.2 Å². The van der Waals surface area contributed by atoms with Gasteiger partial charge in [0.1, 0.15) is 11.4 Å². The van der Waals surface area contributed by atoms with Gasteiger partial charge in [-0.15, -0.1) is 0 Å². The van der Waals surface area contributed by atoms with E-state index in [1.54, 1.807) is 5.01 Å². The standard InChI is InChI=1S/C12H16F2N4O/c1-17-4-6-18(7-5-17)16-12(19)10-8(13)2-3-9(15)11(10)14/h2-3H,4-7,15H2,1H3,(H,16,19). The lowest BCUT2D eigenvalue weighted by atomic mass is 10.1. The second kappa shape index (κ2) is 5.50. The number of hydrogen-bond donors (Lipinski definition) is 2. The highest BCUT2D eigenvalue weighted by molar-refractivity contribution is 5.95. The van der Waals surface area contributed by atoms with Crippen molar-refractivity contribution in [2.75, 3.05) is 39.0 Å². The largest absolute Gasteiger partial charge is 0.396 e. The van der Waals surface area contributed by atoms with Crippen LogP contribution in [-0.4, -0.2) is 49.0 Å². The maximum Gasteiger partial charge on any atom is 0.271 e. The molecule has 0 aliphatic carbocycles. The average Bonchev–Trinajstić information content (AvgIpc) is 2.37. The summed E-state index contributed by atoms with van der Waals surface area (Å²) in [6, 6.07) is 2.08. The molecule has 1 saturated heterocycles. The highest BCUT2D eigenvalue weighted by Gasteiger charge is 2.22. The summed E-state index contributed by atoms with van der Waals surface area (Å²) in [7, 11) is 1.97. The summed E-state index contributed by atoms with van der Waals surface area (Å²) in [6.07, 6.45) is 0. The monoisotopic (exact) mass is 270 g/mol. The lowest BCUT2D eigenvalue weighted by molar-refractivity contribution is 0.0655. The van der Waals surface area contributed by atoms with Crippen molar-refractivity contribution < 1.29 is 13.6 Å². The third-order valence-corrected chi connectivity index (χ3v) is 3.11. The van der Waals surface area contributed by atoms with Crippen LogP contribution in [-0.2, 0) is 0 Å². The van der Waals surface area contributed by atoms with Gasteiger partial charge in [-0.25, -0.2) is 13.8 Å². The molecule has 5 nitrogen and oxygen atoms in total. The van der Waals surface area contributed by atoms with Crippen LogP contribution in [0.3, 0.4) is 0 Å². The van der Waals surface area contributed by atoms with Crippen molar-refractivity contribution in [3.63, 3.8) is 0 Å². The Balaban J connectivity index is 2.10. The molecule has 104 valence electrons. The van der Waals surface area contributed by atoms with Crippen LogP contribution in [0.5, 0.6) is 0 Å². The topological polar surface area (TPSA) is 61.6 Å². The van der Waals surface area contributed by atoms with E-state index in [1.165, 1.54) is 0 Å². The fraction of sp³-hybridized carbons (Fsp3) is 0.417. The number of halogens is 2. The molecule has 0 spiro atoms. The van der Waals surface area contributed by atoms with Crippen LogP contribution >= 0.6 is 0 Å². The van der Waals surface area contributed by atoms with E-state index in [4.69, 9.17) is 5.73 Å². The Bertz CT molecular complexity index is 487. The van der Waals surface area contributed by atoms with Crippen molar-refractivity contribution >= 4 is 11.6 Å². The molecule has 1 aromatic rings. The first-order valence-electron chi connectivity index (χ1n) is 5.97. The third-order valence-electron chi connectivity index (χ3n) is 3.11. The molecule has 7 heteroatoms. The molecule has 2 rings (SSSR count). The smallest absolute Gasteiger partial charge is 0.271 e. The predicted molar refractivity (Wildman–Crippen MR) is 67.3 cm³/mol. The molecule has 0 bridgehead atoms. The number of likely N-dealkylation sites (N-methyl/N-ethyl adjacent to an activating group) is 1. The van der Waals surface area contributed by atoms with Crippen LogP contribution in [0.2, 0.25) is 0 Å². The molecule has 3 N–H and O–H groups in total. The lowest BCUT2D eigenvalue weighted by Crippen LogP contribution is -2.52. The Morgan fingerprint density at radius 1 is 1.26 bits per heavy atom. The number of nitrogens with one attached hydrogen (secondary N) is 1. The van der Waals surface area contributed by atoms with E-state index in [0.717, 1.165) is 25.2 Å². The number of piperazine rings is 1. The summed E-state index contributed by atoms with van der Waals surface area (Å²) >= 11 is 0. The van der Waals surface area contributed by atoms with Gasteiger partial charge in [0.25, 0.3) is 5.91 Å². The normalized spacial score (nSPS) is 17.4. The molecule has 0 unspecified atom stereocenters. The second-order valence-electron chi connectivity index (χ2n) is 4.56. The minimum Gasteiger partial charge on any atom is -0.396 e. The van der Waals surface area contributed by atoms with Gasteiger partial charge < -0.3 is 10.6 Å². The zero-order valence-corrected chi connectivity index (χ0v) is 10.6. The highest BCUT2D eigenvalue weighted by Crippen LogP contribution is 2.18. The number of rotatable bonds is 2. The van der Waals surface area contributed by atoms with Crippen LogP contribution in [0.4, 0.5) is 14.5 Å². The molecule has 0 radical (unpaired) electrons. The number of amides is 1. The number of benzene rings is 1. The molecule has 1 aliphatic rings. The maximum atomic E-state index is 13.7. The summed E-state index contributed by atoms with van der Waals surface area (Å²) < 4.78 is 27.2. The predicted octanol–water partition coefficient (Wildman–Crippen LogP) is 0.439. The molecule has 1 fully saturated rings. The van der Waals surface area contributed by atoms with Crippen LogP contribution in [0.15, 0.2) is 12.1 Å². The van der Waals surface area contributed by atoms with E-state index in [1.807, 2.05) is 7.05 Å². The molecular formula is C12H16F2N4O. The van der Waals surface area contributed by atoms with E-state index in [0.29, 0.717) is 13.1 Å². The molecule has 0 saturated carbocycles. The molecular weight excluding hydrogens is 254 g/mol. The van der Waals surface area contributed by atoms with Crippen molar-refractivity contribution in [3.05, 3.63) is 29.3 Å². The summed E-state index contributed by atoms with van der Waals surface area (Å²) in [6.45, 7) is 2.77. The van der Waals surface area contributed by atoms with E-state index in [-0.39, 0.29) is 5.69 Å². The van der Waals surface area contributed by atoms with Gasteiger partial charge in [-0.3, -0.25) is 10.2 Å². The summed E-state index contributed by atoms with van der Waals surface area (Å²) in [4.78, 5) is 14.0. The number of nitrogens with zero attached hydrogens (tertiary/aromatic N) is 2. The fourth-order valence-corrected chi connectivity index (χ4v) is 1.89. The minimum atomic E-state index is -1.02. The van der Waals surface area contributed by atoms with Gasteiger partial charge in [0.2, 0.25) is 0 Å². The van der Waals surface area contributed by atoms with Gasteiger partial charge in [-0.05, 0) is 19.2 Å². The molecule has 0 atom stereocenters. The Morgan fingerprint density at radius 3 is 2.53 bits per heavy atom. The number of nitrogens with two attached hydrogens (primary N) is 1. The Hall–Kier alpha value is -1.73. The van der Waals surface area contributed by atoms with Gasteiger partial charge in [0.15, 0.2) is 5.82 Å². The van der Waals surface area contributed by atoms with E-state index >= 15 is 0 Å². The van der Waals surface area contributed by atoms with Crippen molar-refractivity contribution in [3.8, 4) is 0 Å². The Kier molecular flexibility index (Phi) is 3.96. The van der Waals surface area contributed by atoms with Gasteiger partial charge in [-0.2, -0.15) is 0 Å². The van der Waals surface area contributed by atoms with Crippen molar-refractivity contribution in [1.29, 1.82) is 0 Å². The maximum absolute atomic E-state index is 13.7. The number of hydrogen-bond acceptors (Lipinski definition) is 4. The average molecular weight is 270 g/mol. The molecule has 0 aromatic heterocycles. The van der Waals surface area contributed by atoms with Crippen LogP contribution in [0, 0.1) is 11.6 Å². The highest BCUT2D eigenvalue weighted by atomic mass is 19.1. The molecule has 1 amide bonds. The number of carbonyl (C=O) groups excluding carboxylic acids is 1. The quantitative estimate of drug-likeness (QED) is 0.766.